The molecule has 0 atom stereocenters. The molecule has 0 spiro atoms. The average Bonchev–Trinajstić information content (AvgIpc) is 2.81. The summed E-state index contributed by atoms with van der Waals surface area (Å²) in [4.78, 5) is 0. The maximum Gasteiger partial charge on any atom is 0.0719 e. The summed E-state index contributed by atoms with van der Waals surface area (Å²) in [7, 11) is 1.48. The van der Waals surface area contributed by atoms with Crippen LogP contribution in [-0.4, -0.2) is 7.11 Å². The van der Waals surface area contributed by atoms with Crippen LogP contribution in [0.15, 0.2) is 60.7 Å². The largest absolute Gasteiger partial charge is 0.380 e. The van der Waals surface area contributed by atoms with Crippen LogP contribution in [0.1, 0.15) is 27.8 Å². The molecule has 0 aliphatic carbocycles. The minimum Gasteiger partial charge on any atom is -0.380 e. The molecule has 132 valence electrons. The summed E-state index contributed by atoms with van der Waals surface area (Å²) in [6.45, 7) is 5.19. The Balaban J connectivity index is 1.90. The van der Waals surface area contributed by atoms with E-state index >= 15 is 0 Å². The van der Waals surface area contributed by atoms with Crippen LogP contribution >= 0.6 is 7.92 Å². The van der Waals surface area contributed by atoms with Gasteiger partial charge in [-0.05, 0) is 70.4 Å². The van der Waals surface area contributed by atoms with Gasteiger partial charge in [0.2, 0.25) is 0 Å². The van der Waals surface area contributed by atoms with E-state index in [1.54, 1.807) is 7.11 Å². The van der Waals surface area contributed by atoms with Crippen molar-refractivity contribution >= 4 is 13.2 Å². The zero-order valence-electron chi connectivity index (χ0n) is 15.8. The summed E-state index contributed by atoms with van der Waals surface area (Å²) in [5.74, 6) is 0. The van der Waals surface area contributed by atoms with E-state index in [4.69, 9.17) is 4.74 Å². The van der Waals surface area contributed by atoms with Gasteiger partial charge in [0.1, 0.15) is 0 Å². The van der Waals surface area contributed by atoms with Crippen LogP contribution in [-0.2, 0) is 23.7 Å². The first kappa shape index (κ1) is 17.5. The third-order valence-corrected chi connectivity index (χ3v) is 7.89. The summed E-state index contributed by atoms with van der Waals surface area (Å²) in [5, 5.41) is 1.49. The minimum absolute atomic E-state index is 0.304. The van der Waals surface area contributed by atoms with Crippen molar-refractivity contribution < 1.29 is 4.74 Å². The topological polar surface area (TPSA) is 9.23 Å². The third-order valence-electron chi connectivity index (χ3n) is 5.32. The second-order valence-electron chi connectivity index (χ2n) is 7.14. The Morgan fingerprint density at radius 1 is 0.769 bits per heavy atom. The number of hydrogen-bond acceptors (Lipinski definition) is 1. The van der Waals surface area contributed by atoms with Crippen molar-refractivity contribution in [1.29, 1.82) is 0 Å². The van der Waals surface area contributed by atoms with Crippen molar-refractivity contribution in [3.63, 3.8) is 0 Å². The molecule has 1 aliphatic rings. The fraction of sp³-hybridized carbons (Fsp3) is 0.250. The molecule has 0 bridgehead atoms. The van der Waals surface area contributed by atoms with Crippen molar-refractivity contribution in [2.45, 2.75) is 32.8 Å². The lowest BCUT2D eigenvalue weighted by atomic mass is 9.90. The molecule has 0 unspecified atom stereocenters. The highest BCUT2D eigenvalue weighted by molar-refractivity contribution is 7.64. The van der Waals surface area contributed by atoms with Gasteiger partial charge in [0.25, 0.3) is 0 Å². The lowest BCUT2D eigenvalue weighted by Gasteiger charge is -2.20. The number of ether oxygens (including phenoxy) is 1. The fourth-order valence-electron chi connectivity index (χ4n) is 4.17. The van der Waals surface area contributed by atoms with Crippen LogP contribution in [0.25, 0.3) is 11.1 Å². The average molecular weight is 360 g/mol. The molecule has 0 amide bonds. The Labute approximate surface area is 157 Å². The summed E-state index contributed by atoms with van der Waals surface area (Å²) >= 11 is 0. The lowest BCUT2D eigenvalue weighted by Crippen LogP contribution is -2.11. The summed E-state index contributed by atoms with van der Waals surface area (Å²) in [6, 6.07) is 22.4. The van der Waals surface area contributed by atoms with E-state index < -0.39 is 0 Å². The number of fused-ring (bicyclic) bond motifs is 3. The molecule has 0 radical (unpaired) electrons. The van der Waals surface area contributed by atoms with Gasteiger partial charge in [-0.1, -0.05) is 68.6 Å². The molecule has 0 aromatic heterocycles. The SMILES string of the molecule is COCc1ccccc1P1Cc2cccc(C)c2-c2c(C)cccc2C1. The number of rotatable bonds is 3. The maximum atomic E-state index is 5.48. The quantitative estimate of drug-likeness (QED) is 0.525. The molecule has 0 saturated heterocycles. The van der Waals surface area contributed by atoms with Crippen molar-refractivity contribution in [2.24, 2.45) is 0 Å². The lowest BCUT2D eigenvalue weighted by molar-refractivity contribution is 0.185. The van der Waals surface area contributed by atoms with E-state index in [1.807, 2.05) is 0 Å². The standard InChI is InChI=1S/C24H25OP/c1-17-8-6-11-20-15-26(22-13-5-4-10-19(22)14-25-3)16-21-12-7-9-18(2)24(21)23(17)20/h4-13H,14-16H2,1-3H3. The predicted octanol–water partition coefficient (Wildman–Crippen LogP) is 5.94. The van der Waals surface area contributed by atoms with Crippen LogP contribution in [0.2, 0.25) is 0 Å². The second kappa shape index (κ2) is 7.35. The molecule has 3 aromatic carbocycles. The van der Waals surface area contributed by atoms with Crippen LogP contribution in [0.3, 0.4) is 0 Å². The zero-order valence-corrected chi connectivity index (χ0v) is 16.6. The van der Waals surface area contributed by atoms with Gasteiger partial charge in [-0.3, -0.25) is 0 Å². The van der Waals surface area contributed by atoms with Crippen LogP contribution < -0.4 is 5.30 Å². The predicted molar refractivity (Wildman–Crippen MR) is 112 cm³/mol. The van der Waals surface area contributed by atoms with E-state index in [0.717, 1.165) is 12.3 Å². The highest BCUT2D eigenvalue weighted by atomic mass is 31.1. The van der Waals surface area contributed by atoms with Gasteiger partial charge in [-0.15, -0.1) is 0 Å². The van der Waals surface area contributed by atoms with E-state index in [-0.39, 0.29) is 7.92 Å². The Kier molecular flexibility index (Phi) is 4.94. The molecule has 0 saturated carbocycles. The van der Waals surface area contributed by atoms with Crippen LogP contribution in [0, 0.1) is 13.8 Å². The highest BCUT2D eigenvalue weighted by Crippen LogP contribution is 2.51. The Morgan fingerprint density at radius 3 is 1.92 bits per heavy atom. The normalized spacial score (nSPS) is 13.8. The first-order valence-corrected chi connectivity index (χ1v) is 10.9. The van der Waals surface area contributed by atoms with E-state index in [1.165, 1.54) is 44.2 Å². The number of aryl methyl sites for hydroxylation is 2. The van der Waals surface area contributed by atoms with E-state index in [2.05, 4.69) is 74.5 Å². The van der Waals surface area contributed by atoms with Gasteiger partial charge in [-0.2, -0.15) is 0 Å². The molecular formula is C24H25OP. The van der Waals surface area contributed by atoms with Crippen LogP contribution in [0.4, 0.5) is 0 Å². The monoisotopic (exact) mass is 360 g/mol. The Hall–Kier alpha value is -1.95. The summed E-state index contributed by atoms with van der Waals surface area (Å²) < 4.78 is 5.48. The number of hydrogen-bond donors (Lipinski definition) is 0. The fourth-order valence-corrected chi connectivity index (χ4v) is 6.81. The van der Waals surface area contributed by atoms with Crippen molar-refractivity contribution in [3.8, 4) is 11.1 Å². The van der Waals surface area contributed by atoms with E-state index in [0.29, 0.717) is 6.61 Å². The van der Waals surface area contributed by atoms with Gasteiger partial charge < -0.3 is 4.74 Å². The Bertz CT molecular complexity index is 891. The van der Waals surface area contributed by atoms with Gasteiger partial charge in [0.15, 0.2) is 0 Å². The van der Waals surface area contributed by atoms with Gasteiger partial charge in [0, 0.05) is 7.11 Å². The molecule has 0 fully saturated rings. The maximum absolute atomic E-state index is 5.48. The molecule has 2 heteroatoms. The summed E-state index contributed by atoms with van der Waals surface area (Å²) in [5.41, 5.74) is 10.0. The van der Waals surface area contributed by atoms with Gasteiger partial charge in [-0.25, -0.2) is 0 Å². The zero-order chi connectivity index (χ0) is 18.1. The molecule has 3 aromatic rings. The van der Waals surface area contributed by atoms with Crippen molar-refractivity contribution in [2.75, 3.05) is 7.11 Å². The van der Waals surface area contributed by atoms with E-state index in [9.17, 15) is 0 Å². The summed E-state index contributed by atoms with van der Waals surface area (Å²) in [6.07, 6.45) is 2.28. The van der Waals surface area contributed by atoms with Crippen molar-refractivity contribution in [3.05, 3.63) is 88.5 Å². The van der Waals surface area contributed by atoms with Gasteiger partial charge >= 0.3 is 0 Å². The first-order chi connectivity index (χ1) is 12.7. The highest BCUT2D eigenvalue weighted by Gasteiger charge is 2.25. The third kappa shape index (κ3) is 3.11. The molecule has 26 heavy (non-hydrogen) atoms. The molecule has 0 N–H and O–H groups in total. The first-order valence-electron chi connectivity index (χ1n) is 9.18. The smallest absolute Gasteiger partial charge is 0.0719 e. The molecule has 4 rings (SSSR count). The van der Waals surface area contributed by atoms with Gasteiger partial charge in [0.05, 0.1) is 6.61 Å². The number of methoxy groups -OCH3 is 1. The Morgan fingerprint density at radius 2 is 1.35 bits per heavy atom. The van der Waals surface area contributed by atoms with Crippen LogP contribution in [0.5, 0.6) is 0 Å². The molecule has 1 heterocycles. The van der Waals surface area contributed by atoms with Crippen molar-refractivity contribution in [1.82, 2.24) is 0 Å². The second-order valence-corrected chi connectivity index (χ2v) is 9.33. The molecule has 1 nitrogen and oxygen atoms in total. The molecule has 1 aliphatic heterocycles. The molecular weight excluding hydrogens is 335 g/mol. The minimum atomic E-state index is -0.304. The number of benzene rings is 3.